The second-order valence-electron chi connectivity index (χ2n) is 10.2. The van der Waals surface area contributed by atoms with E-state index < -0.39 is 17.7 Å². The van der Waals surface area contributed by atoms with Crippen LogP contribution in [0, 0.1) is 20.8 Å². The number of carboxylic acids is 1. The Morgan fingerprint density at radius 2 is 1.67 bits per heavy atom. The minimum absolute atomic E-state index is 0.0198. The number of anilines is 1. The van der Waals surface area contributed by atoms with E-state index in [1.54, 1.807) is 13.0 Å². The molecule has 1 aromatic heterocycles. The van der Waals surface area contributed by atoms with E-state index in [1.165, 1.54) is 12.4 Å². The van der Waals surface area contributed by atoms with Crippen molar-refractivity contribution in [1.29, 1.82) is 0 Å². The van der Waals surface area contributed by atoms with Crippen LogP contribution in [0.3, 0.4) is 0 Å². The quantitative estimate of drug-likeness (QED) is 0.176. The van der Waals surface area contributed by atoms with Gasteiger partial charge in [-0.2, -0.15) is 13.2 Å². The molecule has 0 aliphatic rings. The zero-order chi connectivity index (χ0) is 30.4. The maximum Gasteiger partial charge on any atom is 0.416 e. The summed E-state index contributed by atoms with van der Waals surface area (Å²) in [7, 11) is 0. The molecule has 4 aromatic rings. The molecule has 0 aliphatic carbocycles. The van der Waals surface area contributed by atoms with Crippen molar-refractivity contribution in [3.05, 3.63) is 105 Å². The second kappa shape index (κ2) is 13.2. The summed E-state index contributed by atoms with van der Waals surface area (Å²) in [6, 6.07) is 15.7. The molecule has 0 saturated heterocycles. The van der Waals surface area contributed by atoms with Crippen molar-refractivity contribution in [3.63, 3.8) is 0 Å². The van der Waals surface area contributed by atoms with Gasteiger partial charge in [-0.05, 0) is 79.3 Å². The molecule has 42 heavy (non-hydrogen) atoms. The van der Waals surface area contributed by atoms with E-state index in [-0.39, 0.29) is 19.6 Å². The number of halogens is 4. The third-order valence-electron chi connectivity index (χ3n) is 6.65. The minimum Gasteiger partial charge on any atom is -0.490 e. The first-order chi connectivity index (χ1) is 19.9. The highest BCUT2D eigenvalue weighted by molar-refractivity contribution is 6.30. The largest absolute Gasteiger partial charge is 0.490 e. The Morgan fingerprint density at radius 1 is 0.929 bits per heavy atom. The zero-order valence-corrected chi connectivity index (χ0v) is 24.3. The van der Waals surface area contributed by atoms with Gasteiger partial charge in [0.2, 0.25) is 5.95 Å². The molecule has 4 rings (SSSR count). The van der Waals surface area contributed by atoms with Crippen molar-refractivity contribution in [1.82, 2.24) is 9.97 Å². The lowest BCUT2D eigenvalue weighted by Gasteiger charge is -2.25. The number of hydrogen-bond donors (Lipinski definition) is 1. The summed E-state index contributed by atoms with van der Waals surface area (Å²) in [4.78, 5) is 21.5. The Hall–Kier alpha value is -4.11. The maximum atomic E-state index is 13.6. The van der Waals surface area contributed by atoms with Gasteiger partial charge < -0.3 is 14.7 Å². The van der Waals surface area contributed by atoms with E-state index in [9.17, 15) is 18.0 Å². The number of hydrogen-bond acceptors (Lipinski definition) is 5. The molecule has 0 spiro atoms. The van der Waals surface area contributed by atoms with E-state index in [0.29, 0.717) is 40.8 Å². The molecule has 0 saturated carbocycles. The predicted molar refractivity (Wildman–Crippen MR) is 157 cm³/mol. The van der Waals surface area contributed by atoms with Crippen LogP contribution in [0.5, 0.6) is 5.75 Å². The fraction of sp³-hybridized carbons (Fsp3) is 0.281. The molecule has 0 aliphatic heterocycles. The van der Waals surface area contributed by atoms with Crippen molar-refractivity contribution in [2.75, 3.05) is 11.5 Å². The summed E-state index contributed by atoms with van der Waals surface area (Å²) < 4.78 is 46.5. The van der Waals surface area contributed by atoms with E-state index in [0.717, 1.165) is 39.9 Å². The predicted octanol–water partition coefficient (Wildman–Crippen LogP) is 8.19. The molecule has 220 valence electrons. The highest BCUT2D eigenvalue weighted by Crippen LogP contribution is 2.34. The van der Waals surface area contributed by atoms with Crippen LogP contribution >= 0.6 is 11.6 Å². The molecule has 0 atom stereocenters. The molecule has 0 radical (unpaired) electrons. The first kappa shape index (κ1) is 30.8. The Labute approximate surface area is 247 Å². The van der Waals surface area contributed by atoms with E-state index in [4.69, 9.17) is 21.4 Å². The van der Waals surface area contributed by atoms with Gasteiger partial charge in [-0.3, -0.25) is 4.79 Å². The summed E-state index contributed by atoms with van der Waals surface area (Å²) in [6.45, 7) is 6.22. The first-order valence-corrected chi connectivity index (χ1v) is 13.7. The molecule has 0 fully saturated rings. The number of carboxylic acid groups (broad SMARTS) is 1. The van der Waals surface area contributed by atoms with E-state index in [1.807, 2.05) is 55.1 Å². The van der Waals surface area contributed by atoms with Gasteiger partial charge in [0.25, 0.3) is 0 Å². The Morgan fingerprint density at radius 3 is 2.36 bits per heavy atom. The summed E-state index contributed by atoms with van der Waals surface area (Å²) in [5, 5.41) is 9.41. The average Bonchev–Trinajstić information content (AvgIpc) is 2.92. The van der Waals surface area contributed by atoms with Gasteiger partial charge in [0.1, 0.15) is 0 Å². The van der Waals surface area contributed by atoms with Gasteiger partial charge in [0.05, 0.1) is 24.6 Å². The minimum atomic E-state index is -4.48. The SMILES string of the molecule is Cc1cc(CN(Cc2cc(C)ccc2-c2cc(Cl)ccc2C)c2ncc(OCCCC(=O)O)cn2)cc(C(F)(F)F)c1. The van der Waals surface area contributed by atoms with E-state index in [2.05, 4.69) is 9.97 Å². The van der Waals surface area contributed by atoms with Crippen molar-refractivity contribution in [2.24, 2.45) is 0 Å². The number of alkyl halides is 3. The molecule has 0 amide bonds. The van der Waals surface area contributed by atoms with Crippen LogP contribution in [0.2, 0.25) is 5.02 Å². The number of nitrogens with zero attached hydrogens (tertiary/aromatic N) is 3. The van der Waals surface area contributed by atoms with Crippen molar-refractivity contribution in [2.45, 2.75) is 52.9 Å². The fourth-order valence-electron chi connectivity index (χ4n) is 4.70. The highest BCUT2D eigenvalue weighted by Gasteiger charge is 2.31. The fourth-order valence-corrected chi connectivity index (χ4v) is 4.87. The number of aromatic nitrogens is 2. The van der Waals surface area contributed by atoms with Crippen LogP contribution in [0.15, 0.2) is 67.0 Å². The number of aryl methyl sites for hydroxylation is 3. The monoisotopic (exact) mass is 597 g/mol. The van der Waals surface area contributed by atoms with Crippen molar-refractivity contribution < 1.29 is 27.8 Å². The van der Waals surface area contributed by atoms with Crippen LogP contribution in [0.25, 0.3) is 11.1 Å². The van der Waals surface area contributed by atoms with Gasteiger partial charge >= 0.3 is 12.1 Å². The Bertz CT molecular complexity index is 1560. The molecule has 1 N–H and O–H groups in total. The molecular weight excluding hydrogens is 567 g/mol. The van der Waals surface area contributed by atoms with Crippen LogP contribution < -0.4 is 9.64 Å². The molecule has 3 aromatic carbocycles. The molecule has 0 unspecified atom stereocenters. The second-order valence-corrected chi connectivity index (χ2v) is 10.7. The smallest absolute Gasteiger partial charge is 0.416 e. The maximum absolute atomic E-state index is 13.6. The van der Waals surface area contributed by atoms with Gasteiger partial charge in [-0.25, -0.2) is 9.97 Å². The average molecular weight is 598 g/mol. The number of benzene rings is 3. The number of rotatable bonds is 11. The van der Waals surface area contributed by atoms with Crippen LogP contribution in [0.1, 0.15) is 46.2 Å². The molecule has 1 heterocycles. The number of carbonyl (C=O) groups is 1. The van der Waals surface area contributed by atoms with Gasteiger partial charge in [-0.15, -0.1) is 0 Å². The Kier molecular flexibility index (Phi) is 9.73. The summed E-state index contributed by atoms with van der Waals surface area (Å²) in [6.07, 6.45) is -1.21. The summed E-state index contributed by atoms with van der Waals surface area (Å²) >= 11 is 6.34. The third-order valence-corrected chi connectivity index (χ3v) is 6.89. The lowest BCUT2D eigenvalue weighted by molar-refractivity contribution is -0.138. The zero-order valence-electron chi connectivity index (χ0n) is 23.5. The van der Waals surface area contributed by atoms with Gasteiger partial charge in [-0.1, -0.05) is 53.1 Å². The molecule has 0 bridgehead atoms. The molecule has 6 nitrogen and oxygen atoms in total. The summed E-state index contributed by atoms with van der Waals surface area (Å²) in [5.41, 5.74) is 5.14. The van der Waals surface area contributed by atoms with Crippen LogP contribution in [-0.2, 0) is 24.1 Å². The van der Waals surface area contributed by atoms with E-state index >= 15 is 0 Å². The van der Waals surface area contributed by atoms with Crippen LogP contribution in [-0.4, -0.2) is 27.7 Å². The standard InChI is InChI=1S/C32H31ClF3N3O3/c1-20-6-9-28(29-15-26(33)8-7-22(29)3)24(12-20)19-39(18-23-11-21(2)13-25(14-23)32(34,35)36)31-37-16-27(17-38-31)42-10-4-5-30(40)41/h6-9,11-17H,4-5,10,18-19H2,1-3H3,(H,40,41). The number of aliphatic carboxylic acids is 1. The summed E-state index contributed by atoms with van der Waals surface area (Å²) in [5.74, 6) is -0.239. The Balaban J connectivity index is 1.71. The van der Waals surface area contributed by atoms with Gasteiger partial charge in [0.15, 0.2) is 5.75 Å². The normalized spacial score (nSPS) is 11.4. The number of ether oxygens (including phenoxy) is 1. The first-order valence-electron chi connectivity index (χ1n) is 13.3. The highest BCUT2D eigenvalue weighted by atomic mass is 35.5. The topological polar surface area (TPSA) is 75.6 Å². The third kappa shape index (κ3) is 8.22. The lowest BCUT2D eigenvalue weighted by atomic mass is 9.94. The van der Waals surface area contributed by atoms with Crippen molar-refractivity contribution >= 4 is 23.5 Å². The van der Waals surface area contributed by atoms with Crippen molar-refractivity contribution in [3.8, 4) is 16.9 Å². The van der Waals surface area contributed by atoms with Gasteiger partial charge in [0, 0.05) is 24.5 Å². The lowest BCUT2D eigenvalue weighted by Crippen LogP contribution is -2.25. The molecule has 10 heteroatoms. The molecular formula is C32H31ClF3N3O3. The van der Waals surface area contributed by atoms with Crippen LogP contribution in [0.4, 0.5) is 19.1 Å².